The fourth-order valence-corrected chi connectivity index (χ4v) is 1.51. The standard InChI is InChI=1S/C9H19NO/c1-4-5-8(2)11-9(3)6-10-7-9/h8,10H,4-7H2,1-3H3. The van der Waals surface area contributed by atoms with Crippen LogP contribution in [0, 0.1) is 0 Å². The fraction of sp³-hybridized carbons (Fsp3) is 1.00. The zero-order valence-electron chi connectivity index (χ0n) is 7.81. The highest BCUT2D eigenvalue weighted by Crippen LogP contribution is 2.19. The Hall–Kier alpha value is -0.0800. The molecule has 1 saturated heterocycles. The summed E-state index contributed by atoms with van der Waals surface area (Å²) in [5, 5.41) is 3.22. The molecule has 1 fully saturated rings. The van der Waals surface area contributed by atoms with Gasteiger partial charge in [-0.2, -0.15) is 0 Å². The quantitative estimate of drug-likeness (QED) is 0.668. The van der Waals surface area contributed by atoms with Crippen molar-refractivity contribution in [3.63, 3.8) is 0 Å². The van der Waals surface area contributed by atoms with Crippen LogP contribution in [0.5, 0.6) is 0 Å². The molecule has 1 aliphatic heterocycles. The lowest BCUT2D eigenvalue weighted by Crippen LogP contribution is -2.60. The van der Waals surface area contributed by atoms with E-state index in [1.807, 2.05) is 0 Å². The van der Waals surface area contributed by atoms with E-state index in [0.717, 1.165) is 13.1 Å². The average Bonchev–Trinajstić information content (AvgIpc) is 1.85. The van der Waals surface area contributed by atoms with E-state index in [-0.39, 0.29) is 5.60 Å². The number of ether oxygens (including phenoxy) is 1. The third-order valence-corrected chi connectivity index (χ3v) is 2.18. The molecule has 0 spiro atoms. The molecule has 66 valence electrons. The molecule has 0 aromatic carbocycles. The molecule has 0 aliphatic carbocycles. The first-order chi connectivity index (χ1) is 5.16. The van der Waals surface area contributed by atoms with Crippen molar-refractivity contribution in [2.75, 3.05) is 13.1 Å². The maximum Gasteiger partial charge on any atom is 0.0905 e. The molecule has 2 nitrogen and oxygen atoms in total. The summed E-state index contributed by atoms with van der Waals surface area (Å²) >= 11 is 0. The third-order valence-electron chi connectivity index (χ3n) is 2.18. The van der Waals surface area contributed by atoms with Gasteiger partial charge in [0.2, 0.25) is 0 Å². The Balaban J connectivity index is 2.18. The summed E-state index contributed by atoms with van der Waals surface area (Å²) < 4.78 is 5.85. The first-order valence-corrected chi connectivity index (χ1v) is 4.55. The molecular weight excluding hydrogens is 138 g/mol. The van der Waals surface area contributed by atoms with Gasteiger partial charge in [-0.05, 0) is 20.3 Å². The second kappa shape index (κ2) is 3.55. The molecule has 0 aromatic rings. The average molecular weight is 157 g/mol. The summed E-state index contributed by atoms with van der Waals surface area (Å²) in [7, 11) is 0. The molecule has 1 rings (SSSR count). The van der Waals surface area contributed by atoms with Gasteiger partial charge in [-0.3, -0.25) is 0 Å². The van der Waals surface area contributed by atoms with Gasteiger partial charge in [0.25, 0.3) is 0 Å². The van der Waals surface area contributed by atoms with Crippen LogP contribution in [0.25, 0.3) is 0 Å². The predicted molar refractivity (Wildman–Crippen MR) is 46.7 cm³/mol. The van der Waals surface area contributed by atoms with Gasteiger partial charge >= 0.3 is 0 Å². The van der Waals surface area contributed by atoms with Crippen LogP contribution in [0.1, 0.15) is 33.6 Å². The smallest absolute Gasteiger partial charge is 0.0905 e. The Morgan fingerprint density at radius 3 is 2.55 bits per heavy atom. The van der Waals surface area contributed by atoms with Crippen molar-refractivity contribution in [3.8, 4) is 0 Å². The highest BCUT2D eigenvalue weighted by atomic mass is 16.5. The van der Waals surface area contributed by atoms with Crippen LogP contribution < -0.4 is 5.32 Å². The summed E-state index contributed by atoms with van der Waals surface area (Å²) in [6, 6.07) is 0. The van der Waals surface area contributed by atoms with Crippen molar-refractivity contribution >= 4 is 0 Å². The van der Waals surface area contributed by atoms with Gasteiger partial charge in [-0.1, -0.05) is 13.3 Å². The molecule has 1 aliphatic rings. The van der Waals surface area contributed by atoms with Crippen molar-refractivity contribution < 1.29 is 4.74 Å². The van der Waals surface area contributed by atoms with Gasteiger partial charge in [-0.15, -0.1) is 0 Å². The Morgan fingerprint density at radius 1 is 1.55 bits per heavy atom. The van der Waals surface area contributed by atoms with Crippen LogP contribution in [-0.4, -0.2) is 24.8 Å². The van der Waals surface area contributed by atoms with Gasteiger partial charge in [0.15, 0.2) is 0 Å². The predicted octanol–water partition coefficient (Wildman–Crippen LogP) is 1.55. The molecule has 1 heterocycles. The Labute approximate surface area is 69.3 Å². The lowest BCUT2D eigenvalue weighted by atomic mass is 9.99. The van der Waals surface area contributed by atoms with Crippen LogP contribution in [0.4, 0.5) is 0 Å². The van der Waals surface area contributed by atoms with E-state index in [1.165, 1.54) is 12.8 Å². The minimum absolute atomic E-state index is 0.134. The second-order valence-corrected chi connectivity index (χ2v) is 3.77. The SMILES string of the molecule is CCCC(C)OC1(C)CNC1. The summed E-state index contributed by atoms with van der Waals surface area (Å²) in [4.78, 5) is 0. The molecule has 0 saturated carbocycles. The van der Waals surface area contributed by atoms with E-state index in [1.54, 1.807) is 0 Å². The normalized spacial score (nSPS) is 24.3. The van der Waals surface area contributed by atoms with E-state index in [4.69, 9.17) is 4.74 Å². The van der Waals surface area contributed by atoms with E-state index < -0.39 is 0 Å². The van der Waals surface area contributed by atoms with E-state index in [0.29, 0.717) is 6.10 Å². The molecule has 1 N–H and O–H groups in total. The summed E-state index contributed by atoms with van der Waals surface area (Å²) in [6.07, 6.45) is 2.81. The summed E-state index contributed by atoms with van der Waals surface area (Å²) in [6.45, 7) is 8.56. The van der Waals surface area contributed by atoms with Crippen molar-refractivity contribution in [2.24, 2.45) is 0 Å². The minimum Gasteiger partial charge on any atom is -0.370 e. The first kappa shape index (κ1) is 9.01. The van der Waals surface area contributed by atoms with Crippen LogP contribution >= 0.6 is 0 Å². The van der Waals surface area contributed by atoms with E-state index in [2.05, 4.69) is 26.1 Å². The van der Waals surface area contributed by atoms with Gasteiger partial charge < -0.3 is 10.1 Å². The highest BCUT2D eigenvalue weighted by Gasteiger charge is 2.33. The summed E-state index contributed by atoms with van der Waals surface area (Å²) in [5.41, 5.74) is 0.134. The van der Waals surface area contributed by atoms with E-state index in [9.17, 15) is 0 Å². The molecule has 2 heteroatoms. The number of hydrogen-bond acceptors (Lipinski definition) is 2. The van der Waals surface area contributed by atoms with Gasteiger partial charge in [-0.25, -0.2) is 0 Å². The van der Waals surface area contributed by atoms with Crippen LogP contribution in [-0.2, 0) is 4.74 Å². The zero-order chi connectivity index (χ0) is 8.32. The topological polar surface area (TPSA) is 21.3 Å². The molecule has 11 heavy (non-hydrogen) atoms. The molecule has 0 amide bonds. The maximum atomic E-state index is 5.85. The van der Waals surface area contributed by atoms with Crippen molar-refractivity contribution in [1.29, 1.82) is 0 Å². The van der Waals surface area contributed by atoms with Crippen molar-refractivity contribution in [2.45, 2.75) is 45.3 Å². The van der Waals surface area contributed by atoms with Crippen LogP contribution in [0.3, 0.4) is 0 Å². The lowest BCUT2D eigenvalue weighted by Gasteiger charge is -2.41. The molecule has 0 aromatic heterocycles. The summed E-state index contributed by atoms with van der Waals surface area (Å²) in [5.74, 6) is 0. The molecule has 1 unspecified atom stereocenters. The van der Waals surface area contributed by atoms with Gasteiger partial charge in [0.05, 0.1) is 11.7 Å². The van der Waals surface area contributed by atoms with Gasteiger partial charge in [0.1, 0.15) is 0 Å². The van der Waals surface area contributed by atoms with Crippen LogP contribution in [0.2, 0.25) is 0 Å². The van der Waals surface area contributed by atoms with Crippen molar-refractivity contribution in [3.05, 3.63) is 0 Å². The number of hydrogen-bond donors (Lipinski definition) is 1. The first-order valence-electron chi connectivity index (χ1n) is 4.55. The lowest BCUT2D eigenvalue weighted by molar-refractivity contribution is -0.106. The zero-order valence-corrected chi connectivity index (χ0v) is 7.81. The Morgan fingerprint density at radius 2 is 2.18 bits per heavy atom. The second-order valence-electron chi connectivity index (χ2n) is 3.77. The molecular formula is C9H19NO. The fourth-order valence-electron chi connectivity index (χ4n) is 1.51. The molecule has 0 radical (unpaired) electrons. The Bertz CT molecular complexity index is 121. The van der Waals surface area contributed by atoms with E-state index >= 15 is 0 Å². The van der Waals surface area contributed by atoms with Crippen molar-refractivity contribution in [1.82, 2.24) is 5.32 Å². The molecule has 0 bridgehead atoms. The number of nitrogens with one attached hydrogen (secondary N) is 1. The third kappa shape index (κ3) is 2.46. The number of rotatable bonds is 4. The van der Waals surface area contributed by atoms with Crippen LogP contribution in [0.15, 0.2) is 0 Å². The molecule has 1 atom stereocenters. The van der Waals surface area contributed by atoms with Gasteiger partial charge in [0, 0.05) is 13.1 Å². The largest absolute Gasteiger partial charge is 0.370 e. The highest BCUT2D eigenvalue weighted by molar-refractivity contribution is 4.90. The Kier molecular flexibility index (Phi) is 2.90. The minimum atomic E-state index is 0.134. The monoisotopic (exact) mass is 157 g/mol. The maximum absolute atomic E-state index is 5.85.